The highest BCUT2D eigenvalue weighted by molar-refractivity contribution is 5.73. The summed E-state index contributed by atoms with van der Waals surface area (Å²) in [6.07, 6.45) is -2.15. The summed E-state index contributed by atoms with van der Waals surface area (Å²) in [5.74, 6) is -3.19. The van der Waals surface area contributed by atoms with Crippen LogP contribution in [-0.4, -0.2) is 27.0 Å². The maximum Gasteiger partial charge on any atom is 0.490 e. The Labute approximate surface area is 158 Å². The second-order valence-electron chi connectivity index (χ2n) is 5.00. The van der Waals surface area contributed by atoms with E-state index in [1.54, 1.807) is 6.07 Å². The van der Waals surface area contributed by atoms with Crippen LogP contribution in [0.5, 0.6) is 0 Å². The van der Waals surface area contributed by atoms with Gasteiger partial charge in [-0.1, -0.05) is 18.1 Å². The molecule has 1 heterocycles. The first kappa shape index (κ1) is 13.9. The summed E-state index contributed by atoms with van der Waals surface area (Å²) < 4.78 is 85.7. The molecule has 27 heavy (non-hydrogen) atoms. The molecular weight excluding hydrogens is 366 g/mol. The van der Waals surface area contributed by atoms with Crippen molar-refractivity contribution in [2.75, 3.05) is 0 Å². The maximum absolute atomic E-state index is 13.7. The SMILES string of the molecule is O=C(O)C(F)(F)F.[2H]c1c([2H])c([2H])c(-n2cc(-c3cc(F)cc(CN)c3)cn2)c([2H])c1[2H]. The maximum atomic E-state index is 13.7. The van der Waals surface area contributed by atoms with E-state index in [0.717, 1.165) is 0 Å². The van der Waals surface area contributed by atoms with Crippen LogP contribution in [0.2, 0.25) is 0 Å². The molecule has 0 aliphatic rings. The van der Waals surface area contributed by atoms with Gasteiger partial charge < -0.3 is 10.8 Å². The molecule has 1 aromatic heterocycles. The summed E-state index contributed by atoms with van der Waals surface area (Å²) in [5, 5.41) is 11.2. The van der Waals surface area contributed by atoms with Crippen LogP contribution < -0.4 is 5.73 Å². The first-order valence-electron chi connectivity index (χ1n) is 9.69. The zero-order valence-corrected chi connectivity index (χ0v) is 13.4. The molecule has 0 atom stereocenters. The molecule has 0 aliphatic carbocycles. The molecule has 0 amide bonds. The van der Waals surface area contributed by atoms with E-state index in [0.29, 0.717) is 16.7 Å². The van der Waals surface area contributed by atoms with E-state index in [-0.39, 0.29) is 24.3 Å². The molecule has 0 unspecified atom stereocenters. The highest BCUT2D eigenvalue weighted by Crippen LogP contribution is 2.22. The largest absolute Gasteiger partial charge is 0.490 e. The molecule has 0 bridgehead atoms. The number of rotatable bonds is 3. The highest BCUT2D eigenvalue weighted by atomic mass is 19.4. The fourth-order valence-electron chi connectivity index (χ4n) is 1.89. The van der Waals surface area contributed by atoms with Crippen LogP contribution in [0.1, 0.15) is 12.4 Å². The minimum absolute atomic E-state index is 0.0623. The fourth-order valence-corrected chi connectivity index (χ4v) is 1.89. The number of alkyl halides is 3. The Hall–Kier alpha value is -3.20. The smallest absolute Gasteiger partial charge is 0.475 e. The van der Waals surface area contributed by atoms with Gasteiger partial charge in [0.2, 0.25) is 0 Å². The van der Waals surface area contributed by atoms with Crippen LogP contribution in [0, 0.1) is 5.82 Å². The number of nitrogens with zero attached hydrogens (tertiary/aromatic N) is 2. The van der Waals surface area contributed by atoms with E-state index in [9.17, 15) is 17.6 Å². The van der Waals surface area contributed by atoms with Crippen LogP contribution in [0.15, 0.2) is 60.8 Å². The number of carboxylic acids is 1. The number of hydrogen-bond donors (Lipinski definition) is 2. The Morgan fingerprint density at radius 3 is 2.37 bits per heavy atom. The normalized spacial score (nSPS) is 13.4. The van der Waals surface area contributed by atoms with E-state index in [1.165, 1.54) is 29.2 Å². The first-order chi connectivity index (χ1) is 14.8. The fraction of sp³-hybridized carbons (Fsp3) is 0.111. The number of carbonyl (C=O) groups is 1. The van der Waals surface area contributed by atoms with Gasteiger partial charge in [0.1, 0.15) is 5.82 Å². The molecule has 9 heteroatoms. The Balaban J connectivity index is 0.000000451. The van der Waals surface area contributed by atoms with Gasteiger partial charge in [0, 0.05) is 18.3 Å². The van der Waals surface area contributed by atoms with Crippen molar-refractivity contribution in [3.8, 4) is 16.8 Å². The van der Waals surface area contributed by atoms with Crippen molar-refractivity contribution < 1.29 is 34.3 Å². The van der Waals surface area contributed by atoms with E-state index < -0.39 is 36.1 Å². The van der Waals surface area contributed by atoms with Crippen LogP contribution in [0.3, 0.4) is 0 Å². The van der Waals surface area contributed by atoms with Gasteiger partial charge in [-0.3, -0.25) is 0 Å². The molecule has 2 aromatic carbocycles. The van der Waals surface area contributed by atoms with Crippen LogP contribution in [0.25, 0.3) is 16.8 Å². The molecule has 0 saturated heterocycles. The average molecular weight is 386 g/mol. The van der Waals surface area contributed by atoms with Crippen molar-refractivity contribution in [3.05, 3.63) is 72.2 Å². The molecule has 0 radical (unpaired) electrons. The van der Waals surface area contributed by atoms with Crippen molar-refractivity contribution in [3.63, 3.8) is 0 Å². The zero-order chi connectivity index (χ0) is 24.4. The number of hydrogen-bond acceptors (Lipinski definition) is 3. The Bertz CT molecular complexity index is 1140. The number of carboxylic acid groups (broad SMARTS) is 1. The average Bonchev–Trinajstić information content (AvgIpc) is 3.20. The van der Waals surface area contributed by atoms with E-state index in [1.807, 2.05) is 0 Å². The topological polar surface area (TPSA) is 81.1 Å². The number of halogens is 4. The molecule has 3 N–H and O–H groups in total. The van der Waals surface area contributed by atoms with Gasteiger partial charge in [0.05, 0.1) is 18.7 Å². The molecule has 0 fully saturated rings. The number of aliphatic carboxylic acids is 1. The molecule has 142 valence electrons. The summed E-state index contributed by atoms with van der Waals surface area (Å²) in [6, 6.07) is 2.31. The van der Waals surface area contributed by atoms with Crippen LogP contribution in [-0.2, 0) is 11.3 Å². The van der Waals surface area contributed by atoms with Gasteiger partial charge in [-0.25, -0.2) is 13.9 Å². The van der Waals surface area contributed by atoms with Crippen molar-refractivity contribution in [2.45, 2.75) is 12.7 Å². The number of para-hydroxylation sites is 1. The molecule has 0 spiro atoms. The molecule has 5 nitrogen and oxygen atoms in total. The van der Waals surface area contributed by atoms with Crippen molar-refractivity contribution in [1.82, 2.24) is 9.78 Å². The van der Waals surface area contributed by atoms with Crippen molar-refractivity contribution in [1.29, 1.82) is 0 Å². The Morgan fingerprint density at radius 2 is 1.81 bits per heavy atom. The predicted octanol–water partition coefficient (Wildman–Crippen LogP) is 3.77. The minimum atomic E-state index is -5.08. The molecular formula is C18H15F4N3O2. The van der Waals surface area contributed by atoms with E-state index in [4.69, 9.17) is 22.5 Å². The zero-order valence-electron chi connectivity index (χ0n) is 18.4. The number of benzene rings is 2. The van der Waals surface area contributed by atoms with Gasteiger partial charge in [-0.15, -0.1) is 0 Å². The lowest BCUT2D eigenvalue weighted by molar-refractivity contribution is -0.192. The van der Waals surface area contributed by atoms with Gasteiger partial charge >= 0.3 is 12.1 Å². The summed E-state index contributed by atoms with van der Waals surface area (Å²) in [4.78, 5) is 8.90. The molecule has 0 aliphatic heterocycles. The lowest BCUT2D eigenvalue weighted by Gasteiger charge is -2.02. The molecule has 3 rings (SSSR count). The van der Waals surface area contributed by atoms with Gasteiger partial charge in [0.15, 0.2) is 0 Å². The Kier molecular flexibility index (Phi) is 4.36. The summed E-state index contributed by atoms with van der Waals surface area (Å²) >= 11 is 0. The van der Waals surface area contributed by atoms with Crippen molar-refractivity contribution >= 4 is 5.97 Å². The standard InChI is InChI=1S/C16H14FN3.C2HF3O2/c17-15-7-12(9-18)6-13(8-15)14-10-19-20(11-14)16-4-2-1-3-5-16;3-2(4,5)1(6)7/h1-8,10-11H,9,18H2;(H,6,7)/i1D,2D,3D,4D,5D;. The van der Waals surface area contributed by atoms with Gasteiger partial charge in [0.25, 0.3) is 0 Å². The molecule has 3 aromatic rings. The minimum Gasteiger partial charge on any atom is -0.475 e. The third kappa shape index (κ3) is 5.65. The predicted molar refractivity (Wildman–Crippen MR) is 90.5 cm³/mol. The summed E-state index contributed by atoms with van der Waals surface area (Å²) in [6.45, 7) is 0.183. The third-order valence-corrected chi connectivity index (χ3v) is 3.07. The quantitative estimate of drug-likeness (QED) is 0.672. The molecule has 0 saturated carbocycles. The summed E-state index contributed by atoms with van der Waals surface area (Å²) in [5.41, 5.74) is 7.19. The Morgan fingerprint density at radius 1 is 1.19 bits per heavy atom. The van der Waals surface area contributed by atoms with Gasteiger partial charge in [-0.2, -0.15) is 18.3 Å². The van der Waals surface area contributed by atoms with Crippen LogP contribution >= 0.6 is 0 Å². The first-order valence-corrected chi connectivity index (χ1v) is 7.19. The van der Waals surface area contributed by atoms with Gasteiger partial charge in [-0.05, 0) is 41.4 Å². The highest BCUT2D eigenvalue weighted by Gasteiger charge is 2.38. The lowest BCUT2D eigenvalue weighted by atomic mass is 10.1. The number of aromatic nitrogens is 2. The summed E-state index contributed by atoms with van der Waals surface area (Å²) in [7, 11) is 0. The monoisotopic (exact) mass is 386 g/mol. The lowest BCUT2D eigenvalue weighted by Crippen LogP contribution is -2.21. The van der Waals surface area contributed by atoms with Crippen molar-refractivity contribution in [2.24, 2.45) is 5.73 Å². The van der Waals surface area contributed by atoms with E-state index in [2.05, 4.69) is 5.10 Å². The number of nitrogens with two attached hydrogens (primary N) is 1. The second-order valence-corrected chi connectivity index (χ2v) is 5.00. The van der Waals surface area contributed by atoms with Crippen LogP contribution in [0.4, 0.5) is 17.6 Å². The van der Waals surface area contributed by atoms with E-state index >= 15 is 0 Å². The second kappa shape index (κ2) is 8.45. The third-order valence-electron chi connectivity index (χ3n) is 3.07.